The number of aryl methyl sites for hydroxylation is 1. The number of halogens is 5. The van der Waals surface area contributed by atoms with E-state index in [0.29, 0.717) is 42.0 Å². The quantitative estimate of drug-likeness (QED) is 0.558. The summed E-state index contributed by atoms with van der Waals surface area (Å²) in [5.74, 6) is -4.54. The van der Waals surface area contributed by atoms with Crippen LogP contribution < -0.4 is 4.90 Å². The number of pyridine rings is 1. The summed E-state index contributed by atoms with van der Waals surface area (Å²) < 4.78 is 75.2. The van der Waals surface area contributed by atoms with Gasteiger partial charge in [-0.05, 0) is 31.7 Å². The first kappa shape index (κ1) is 21.9. The Kier molecular flexibility index (Phi) is 5.19. The van der Waals surface area contributed by atoms with Crippen molar-refractivity contribution < 1.29 is 31.8 Å². The Morgan fingerprint density at radius 3 is 2.36 bits per heavy atom. The van der Waals surface area contributed by atoms with E-state index in [-0.39, 0.29) is 11.7 Å². The van der Waals surface area contributed by atoms with Crippen LogP contribution >= 0.6 is 0 Å². The minimum atomic E-state index is -5.12. The van der Waals surface area contributed by atoms with Crippen LogP contribution in [0.5, 0.6) is 5.75 Å². The lowest BCUT2D eigenvalue weighted by atomic mass is 10.0. The number of aromatic nitrogens is 3. The highest BCUT2D eigenvalue weighted by Crippen LogP contribution is 2.42. The topological polar surface area (TPSA) is 63.4 Å². The van der Waals surface area contributed by atoms with Gasteiger partial charge in [-0.3, -0.25) is 4.68 Å². The molecule has 1 aromatic carbocycles. The van der Waals surface area contributed by atoms with Gasteiger partial charge in [0.1, 0.15) is 11.5 Å². The van der Waals surface area contributed by atoms with Crippen molar-refractivity contribution in [1.82, 2.24) is 14.8 Å². The highest BCUT2D eigenvalue weighted by Gasteiger charge is 2.39. The van der Waals surface area contributed by atoms with Crippen LogP contribution in [0.4, 0.5) is 27.8 Å². The SMILES string of the molecule is Cn1nc(-c2cc(C(F)(F)F)c(F)c(O)c2F)c2cnc(N(C3CCOCC3)C3CC3)cc21. The van der Waals surface area contributed by atoms with Gasteiger partial charge in [0.2, 0.25) is 0 Å². The van der Waals surface area contributed by atoms with E-state index >= 15 is 0 Å². The van der Waals surface area contributed by atoms with E-state index in [2.05, 4.69) is 15.0 Å². The largest absolute Gasteiger partial charge is 0.503 e. The van der Waals surface area contributed by atoms with Crippen LogP contribution in [0, 0.1) is 11.6 Å². The van der Waals surface area contributed by atoms with Crippen LogP contribution in [0.25, 0.3) is 22.2 Å². The van der Waals surface area contributed by atoms with Gasteiger partial charge in [0.15, 0.2) is 17.4 Å². The van der Waals surface area contributed by atoms with E-state index in [1.165, 1.54) is 10.9 Å². The van der Waals surface area contributed by atoms with Crippen LogP contribution in [0.3, 0.4) is 0 Å². The predicted octanol–water partition coefficient (Wildman–Crippen LogP) is 4.79. The van der Waals surface area contributed by atoms with Gasteiger partial charge >= 0.3 is 6.18 Å². The summed E-state index contributed by atoms with van der Waals surface area (Å²) in [7, 11) is 1.58. The standard InChI is InChI=1S/C22H21F5N4O2/c1-30-16-9-17(31(11-2-3-11)12-4-6-33-7-5-12)28-10-14(16)20(29-30)13-8-15(22(25,26)27)19(24)21(32)18(13)23/h8-12,32H,2-7H2,1H3. The van der Waals surface area contributed by atoms with Crippen LogP contribution in [0.1, 0.15) is 31.2 Å². The highest BCUT2D eigenvalue weighted by molar-refractivity contribution is 5.94. The Morgan fingerprint density at radius 2 is 1.73 bits per heavy atom. The average Bonchev–Trinajstić information content (AvgIpc) is 3.56. The van der Waals surface area contributed by atoms with Crippen molar-refractivity contribution in [2.75, 3.05) is 18.1 Å². The maximum Gasteiger partial charge on any atom is 0.419 e. The fourth-order valence-electron chi connectivity index (χ4n) is 4.47. The third kappa shape index (κ3) is 3.77. The third-order valence-corrected chi connectivity index (χ3v) is 6.25. The molecule has 0 spiro atoms. The highest BCUT2D eigenvalue weighted by atomic mass is 19.4. The molecule has 11 heteroatoms. The number of rotatable bonds is 4. The van der Waals surface area contributed by atoms with Crippen molar-refractivity contribution in [3.8, 4) is 17.0 Å². The molecule has 0 radical (unpaired) electrons. The number of anilines is 1. The van der Waals surface area contributed by atoms with Crippen molar-refractivity contribution in [2.24, 2.45) is 7.05 Å². The summed E-state index contributed by atoms with van der Waals surface area (Å²) >= 11 is 0. The summed E-state index contributed by atoms with van der Waals surface area (Å²) in [6, 6.07) is 2.75. The minimum Gasteiger partial charge on any atom is -0.503 e. The van der Waals surface area contributed by atoms with E-state index < -0.39 is 34.7 Å². The lowest BCUT2D eigenvalue weighted by molar-refractivity contribution is -0.140. The first-order chi connectivity index (χ1) is 15.7. The first-order valence-electron chi connectivity index (χ1n) is 10.6. The minimum absolute atomic E-state index is 0.158. The molecule has 1 saturated carbocycles. The molecule has 1 aliphatic carbocycles. The zero-order valence-corrected chi connectivity index (χ0v) is 17.7. The Labute approximate surface area is 185 Å². The van der Waals surface area contributed by atoms with Crippen molar-refractivity contribution in [3.05, 3.63) is 35.5 Å². The molecule has 176 valence electrons. The second kappa shape index (κ2) is 7.82. The van der Waals surface area contributed by atoms with Crippen molar-refractivity contribution in [3.63, 3.8) is 0 Å². The van der Waals surface area contributed by atoms with Gasteiger partial charge < -0.3 is 14.7 Å². The first-order valence-corrected chi connectivity index (χ1v) is 10.6. The van der Waals surface area contributed by atoms with E-state index in [1.807, 2.05) is 0 Å². The molecular weight excluding hydrogens is 447 g/mol. The van der Waals surface area contributed by atoms with Gasteiger partial charge in [0, 0.05) is 55.6 Å². The number of hydrogen-bond donors (Lipinski definition) is 1. The van der Waals surface area contributed by atoms with E-state index in [9.17, 15) is 27.1 Å². The lowest BCUT2D eigenvalue weighted by Gasteiger charge is -2.35. The molecule has 0 bridgehead atoms. The Bertz CT molecular complexity index is 1220. The molecule has 6 nitrogen and oxygen atoms in total. The summed E-state index contributed by atoms with van der Waals surface area (Å²) in [5, 5.41) is 14.2. The summed E-state index contributed by atoms with van der Waals surface area (Å²) in [6.45, 7) is 1.34. The number of hydrogen-bond acceptors (Lipinski definition) is 5. The molecular formula is C22H21F5N4O2. The number of phenols is 1. The Hall–Kier alpha value is -2.95. The normalized spacial score (nSPS) is 17.6. The second-order valence-corrected chi connectivity index (χ2v) is 8.46. The van der Waals surface area contributed by atoms with E-state index in [4.69, 9.17) is 4.74 Å². The monoisotopic (exact) mass is 468 g/mol. The van der Waals surface area contributed by atoms with Crippen LogP contribution in [-0.4, -0.2) is 45.2 Å². The fourth-order valence-corrected chi connectivity index (χ4v) is 4.47. The molecule has 1 aliphatic heterocycles. The molecule has 3 heterocycles. The number of aromatic hydroxyl groups is 1. The molecule has 1 saturated heterocycles. The van der Waals surface area contributed by atoms with E-state index in [0.717, 1.165) is 25.7 Å². The van der Waals surface area contributed by atoms with Gasteiger partial charge in [-0.2, -0.15) is 18.3 Å². The maximum absolute atomic E-state index is 14.7. The Balaban J connectivity index is 1.62. The molecule has 33 heavy (non-hydrogen) atoms. The number of fused-ring (bicyclic) bond motifs is 1. The molecule has 0 unspecified atom stereocenters. The Morgan fingerprint density at radius 1 is 1.06 bits per heavy atom. The van der Waals surface area contributed by atoms with Gasteiger partial charge in [-0.1, -0.05) is 0 Å². The number of benzene rings is 1. The molecule has 0 amide bonds. The maximum atomic E-state index is 14.7. The van der Waals surface area contributed by atoms with Gasteiger partial charge in [-0.15, -0.1) is 0 Å². The molecule has 2 fully saturated rings. The number of phenolic OH excluding ortho intramolecular Hbond substituents is 1. The molecule has 5 rings (SSSR count). The molecule has 3 aromatic rings. The van der Waals surface area contributed by atoms with Crippen molar-refractivity contribution in [1.29, 1.82) is 0 Å². The molecule has 0 atom stereocenters. The third-order valence-electron chi connectivity index (χ3n) is 6.25. The molecule has 2 aliphatic rings. The smallest absolute Gasteiger partial charge is 0.419 e. The van der Waals surface area contributed by atoms with Gasteiger partial charge in [0.05, 0.1) is 11.1 Å². The molecule has 1 N–H and O–H groups in total. The van der Waals surface area contributed by atoms with Crippen LogP contribution in [0.15, 0.2) is 18.3 Å². The van der Waals surface area contributed by atoms with Crippen molar-refractivity contribution in [2.45, 2.75) is 43.9 Å². The lowest BCUT2D eigenvalue weighted by Crippen LogP contribution is -2.41. The zero-order valence-electron chi connectivity index (χ0n) is 17.7. The van der Waals surface area contributed by atoms with Gasteiger partial charge in [-0.25, -0.2) is 13.8 Å². The summed E-state index contributed by atoms with van der Waals surface area (Å²) in [6.07, 6.45) is 0.158. The van der Waals surface area contributed by atoms with Gasteiger partial charge in [0.25, 0.3) is 0 Å². The average molecular weight is 468 g/mol. The van der Waals surface area contributed by atoms with Crippen LogP contribution in [0.2, 0.25) is 0 Å². The second-order valence-electron chi connectivity index (χ2n) is 8.46. The molecule has 2 aromatic heterocycles. The van der Waals surface area contributed by atoms with Crippen molar-refractivity contribution >= 4 is 16.7 Å². The van der Waals surface area contributed by atoms with Crippen LogP contribution in [-0.2, 0) is 18.0 Å². The van der Waals surface area contributed by atoms with E-state index in [1.54, 1.807) is 13.1 Å². The fraction of sp³-hybridized carbons (Fsp3) is 0.455. The summed E-state index contributed by atoms with van der Waals surface area (Å²) in [5.41, 5.74) is -2.04. The number of ether oxygens (including phenoxy) is 1. The zero-order chi connectivity index (χ0) is 23.5. The number of nitrogens with zero attached hydrogens (tertiary/aromatic N) is 4. The summed E-state index contributed by atoms with van der Waals surface area (Å²) in [4.78, 5) is 6.80. The number of alkyl halides is 3. The predicted molar refractivity (Wildman–Crippen MR) is 110 cm³/mol.